The van der Waals surface area contributed by atoms with Crippen molar-refractivity contribution in [3.63, 3.8) is 0 Å². The topological polar surface area (TPSA) is 56.5 Å². The molecule has 0 saturated carbocycles. The lowest BCUT2D eigenvalue weighted by atomic mass is 10.1. The normalized spacial score (nSPS) is 9.86. The number of methoxy groups -OCH3 is 1. The summed E-state index contributed by atoms with van der Waals surface area (Å²) >= 11 is 0. The fourth-order valence-electron chi connectivity index (χ4n) is 1.98. The van der Waals surface area contributed by atoms with Gasteiger partial charge in [0, 0.05) is 25.9 Å². The number of aliphatic hydroxyl groups is 1. The van der Waals surface area contributed by atoms with Crippen LogP contribution < -0.4 is 4.74 Å². The van der Waals surface area contributed by atoms with Crippen LogP contribution in [0.3, 0.4) is 0 Å². The third-order valence-corrected chi connectivity index (χ3v) is 3.12. The molecule has 4 nitrogen and oxygen atoms in total. The molecule has 0 radical (unpaired) electrons. The molecule has 0 aliphatic carbocycles. The van der Waals surface area contributed by atoms with E-state index in [1.54, 1.807) is 7.11 Å². The molecule has 0 spiro atoms. The summed E-state index contributed by atoms with van der Waals surface area (Å²) in [5.41, 5.74) is 1.98. The van der Waals surface area contributed by atoms with E-state index < -0.39 is 0 Å². The van der Waals surface area contributed by atoms with Gasteiger partial charge in [-0.15, -0.1) is 0 Å². The maximum Gasteiger partial charge on any atom is 0.134 e. The van der Waals surface area contributed by atoms with Crippen LogP contribution >= 0.6 is 0 Å². The zero-order valence-corrected chi connectivity index (χ0v) is 12.7. The van der Waals surface area contributed by atoms with E-state index >= 15 is 0 Å². The van der Waals surface area contributed by atoms with E-state index in [9.17, 15) is 0 Å². The van der Waals surface area contributed by atoms with Gasteiger partial charge >= 0.3 is 0 Å². The molecule has 0 unspecified atom stereocenters. The van der Waals surface area contributed by atoms with Crippen LogP contribution in [0.2, 0.25) is 0 Å². The zero-order chi connectivity index (χ0) is 15.5. The summed E-state index contributed by atoms with van der Waals surface area (Å²) in [4.78, 5) is 2.22. The third-order valence-electron chi connectivity index (χ3n) is 3.12. The molecule has 0 fully saturated rings. The van der Waals surface area contributed by atoms with Crippen LogP contribution in [-0.2, 0) is 6.54 Å². The number of ether oxygens (including phenoxy) is 1. The van der Waals surface area contributed by atoms with Crippen LogP contribution in [0, 0.1) is 23.2 Å². The van der Waals surface area contributed by atoms with E-state index in [0.717, 1.165) is 36.5 Å². The van der Waals surface area contributed by atoms with Crippen LogP contribution in [0.15, 0.2) is 18.2 Å². The number of nitriles is 1. The molecule has 112 valence electrons. The number of rotatable bonds is 7. The van der Waals surface area contributed by atoms with Gasteiger partial charge in [0.15, 0.2) is 0 Å². The highest BCUT2D eigenvalue weighted by Crippen LogP contribution is 2.20. The van der Waals surface area contributed by atoms with Gasteiger partial charge < -0.3 is 9.84 Å². The smallest absolute Gasteiger partial charge is 0.134 e. The van der Waals surface area contributed by atoms with E-state index in [4.69, 9.17) is 15.1 Å². The first kappa shape index (κ1) is 17.0. The number of aliphatic hydroxyl groups excluding tert-OH is 1. The largest absolute Gasteiger partial charge is 0.495 e. The Morgan fingerprint density at radius 1 is 1.33 bits per heavy atom. The molecule has 0 amide bonds. The van der Waals surface area contributed by atoms with Gasteiger partial charge in [-0.1, -0.05) is 24.8 Å². The minimum absolute atomic E-state index is 0.0623. The van der Waals surface area contributed by atoms with E-state index in [1.807, 2.05) is 18.2 Å². The minimum Gasteiger partial charge on any atom is -0.495 e. The van der Waals surface area contributed by atoms with Crippen molar-refractivity contribution in [2.45, 2.75) is 26.3 Å². The Morgan fingerprint density at radius 2 is 2.14 bits per heavy atom. The molecular weight excluding hydrogens is 264 g/mol. The quantitative estimate of drug-likeness (QED) is 0.780. The molecular formula is C17H22N2O2. The number of benzene rings is 1. The van der Waals surface area contributed by atoms with E-state index in [1.165, 1.54) is 0 Å². The third kappa shape index (κ3) is 5.87. The maximum absolute atomic E-state index is 8.79. The molecule has 0 atom stereocenters. The highest BCUT2D eigenvalue weighted by Gasteiger charge is 2.06. The first-order valence-corrected chi connectivity index (χ1v) is 7.11. The summed E-state index contributed by atoms with van der Waals surface area (Å²) in [5.74, 6) is 6.69. The Kier molecular flexibility index (Phi) is 7.97. The second-order valence-electron chi connectivity index (χ2n) is 4.59. The lowest BCUT2D eigenvalue weighted by Crippen LogP contribution is -2.23. The van der Waals surface area contributed by atoms with Crippen molar-refractivity contribution in [3.8, 4) is 23.7 Å². The van der Waals surface area contributed by atoms with Gasteiger partial charge in [-0.2, -0.15) is 5.26 Å². The van der Waals surface area contributed by atoms with Crippen molar-refractivity contribution in [2.75, 3.05) is 26.8 Å². The Morgan fingerprint density at radius 3 is 2.76 bits per heavy atom. The predicted molar refractivity (Wildman–Crippen MR) is 82.8 cm³/mol. The molecule has 0 aromatic heterocycles. The lowest BCUT2D eigenvalue weighted by Gasteiger charge is -2.19. The van der Waals surface area contributed by atoms with Gasteiger partial charge in [-0.3, -0.25) is 4.90 Å². The summed E-state index contributed by atoms with van der Waals surface area (Å²) in [7, 11) is 1.62. The van der Waals surface area contributed by atoms with Gasteiger partial charge in [-0.25, -0.2) is 0 Å². The SMILES string of the molecule is CCN(CCC#N)Cc1ccc(OC)c(C#CCCO)c1. The van der Waals surface area contributed by atoms with Crippen LogP contribution in [0.4, 0.5) is 0 Å². The molecule has 0 saturated heterocycles. The second-order valence-corrected chi connectivity index (χ2v) is 4.59. The van der Waals surface area contributed by atoms with Gasteiger partial charge in [-0.05, 0) is 24.2 Å². The van der Waals surface area contributed by atoms with Gasteiger partial charge in [0.25, 0.3) is 0 Å². The number of nitrogens with zero attached hydrogens (tertiary/aromatic N) is 2. The highest BCUT2D eigenvalue weighted by molar-refractivity contribution is 5.48. The Hall–Kier alpha value is -2.01. The number of hydrogen-bond acceptors (Lipinski definition) is 4. The van der Waals surface area contributed by atoms with Crippen molar-refractivity contribution in [3.05, 3.63) is 29.3 Å². The zero-order valence-electron chi connectivity index (χ0n) is 12.7. The fourth-order valence-corrected chi connectivity index (χ4v) is 1.98. The van der Waals surface area contributed by atoms with Crippen LogP contribution in [0.1, 0.15) is 30.9 Å². The highest BCUT2D eigenvalue weighted by atomic mass is 16.5. The first-order chi connectivity index (χ1) is 10.2. The lowest BCUT2D eigenvalue weighted by molar-refractivity contribution is 0.286. The van der Waals surface area contributed by atoms with Crippen molar-refractivity contribution >= 4 is 0 Å². The van der Waals surface area contributed by atoms with Crippen molar-refractivity contribution in [1.82, 2.24) is 4.90 Å². The summed E-state index contributed by atoms with van der Waals surface area (Å²) in [6, 6.07) is 8.12. The average molecular weight is 286 g/mol. The second kappa shape index (κ2) is 9.83. The summed E-state index contributed by atoms with van der Waals surface area (Å²) in [5, 5.41) is 17.5. The van der Waals surface area contributed by atoms with Crippen LogP contribution in [-0.4, -0.2) is 36.8 Å². The number of hydrogen-bond donors (Lipinski definition) is 1. The minimum atomic E-state index is 0.0623. The molecule has 1 rings (SSSR count). The molecule has 0 aliphatic heterocycles. The molecule has 1 aromatic carbocycles. The van der Waals surface area contributed by atoms with Crippen molar-refractivity contribution in [1.29, 1.82) is 5.26 Å². The maximum atomic E-state index is 8.79. The first-order valence-electron chi connectivity index (χ1n) is 7.11. The Labute approximate surface area is 127 Å². The molecule has 0 aliphatic rings. The Bertz CT molecular complexity index is 538. The summed E-state index contributed by atoms with van der Waals surface area (Å²) in [6.07, 6.45) is 0.990. The molecule has 0 bridgehead atoms. The molecule has 21 heavy (non-hydrogen) atoms. The van der Waals surface area contributed by atoms with E-state index in [2.05, 4.69) is 29.7 Å². The van der Waals surface area contributed by atoms with E-state index in [-0.39, 0.29) is 6.61 Å². The van der Waals surface area contributed by atoms with Crippen LogP contribution in [0.5, 0.6) is 5.75 Å². The van der Waals surface area contributed by atoms with Gasteiger partial charge in [0.1, 0.15) is 5.75 Å². The summed E-state index contributed by atoms with van der Waals surface area (Å²) < 4.78 is 5.31. The molecule has 1 N–H and O–H groups in total. The standard InChI is InChI=1S/C17H22N2O2/c1-3-19(11-6-10-18)14-15-8-9-17(21-2)16(13-15)7-4-5-12-20/h8-9,13,20H,3,5-6,11-12,14H2,1-2H3. The van der Waals surface area contributed by atoms with Crippen molar-refractivity contribution < 1.29 is 9.84 Å². The average Bonchev–Trinajstić information content (AvgIpc) is 2.52. The molecule has 4 heteroatoms. The van der Waals surface area contributed by atoms with Crippen LogP contribution in [0.25, 0.3) is 0 Å². The van der Waals surface area contributed by atoms with Gasteiger partial charge in [0.05, 0.1) is 25.3 Å². The molecule has 0 heterocycles. The molecule has 1 aromatic rings. The Balaban J connectivity index is 2.87. The fraction of sp³-hybridized carbons (Fsp3) is 0.471. The van der Waals surface area contributed by atoms with E-state index in [0.29, 0.717) is 12.8 Å². The monoisotopic (exact) mass is 286 g/mol. The predicted octanol–water partition coefficient (Wildman–Crippen LogP) is 2.16. The van der Waals surface area contributed by atoms with Crippen molar-refractivity contribution in [2.24, 2.45) is 0 Å². The summed E-state index contributed by atoms with van der Waals surface area (Å²) in [6.45, 7) is 4.61. The van der Waals surface area contributed by atoms with Gasteiger partial charge in [0.2, 0.25) is 0 Å².